The molecule has 2 saturated heterocycles. The smallest absolute Gasteiger partial charge is 0.199 e. The summed E-state index contributed by atoms with van der Waals surface area (Å²) in [6.07, 6.45) is 6.04. The first-order chi connectivity index (χ1) is 10.9. The molecular formula is C19H23O2S+. The van der Waals surface area contributed by atoms with Crippen LogP contribution >= 0.6 is 0 Å². The maximum Gasteiger partial charge on any atom is 0.199 e. The summed E-state index contributed by atoms with van der Waals surface area (Å²) < 4.78 is 11.9. The van der Waals surface area contributed by atoms with Crippen LogP contribution in [0.15, 0.2) is 41.3 Å². The van der Waals surface area contributed by atoms with Gasteiger partial charge in [-0.25, -0.2) is 0 Å². The highest BCUT2D eigenvalue weighted by molar-refractivity contribution is 7.97. The van der Waals surface area contributed by atoms with Gasteiger partial charge >= 0.3 is 0 Å². The summed E-state index contributed by atoms with van der Waals surface area (Å²) in [6.45, 7) is 0.824. The molecule has 0 bridgehead atoms. The van der Waals surface area contributed by atoms with Crippen molar-refractivity contribution in [3.63, 3.8) is 0 Å². The van der Waals surface area contributed by atoms with Gasteiger partial charge in [-0.15, -0.1) is 0 Å². The second-order valence-electron chi connectivity index (χ2n) is 6.13. The van der Waals surface area contributed by atoms with E-state index >= 15 is 0 Å². The van der Waals surface area contributed by atoms with Gasteiger partial charge in [0.25, 0.3) is 0 Å². The van der Waals surface area contributed by atoms with Crippen LogP contribution in [-0.2, 0) is 15.6 Å². The zero-order valence-corrected chi connectivity index (χ0v) is 13.7. The van der Waals surface area contributed by atoms with Crippen molar-refractivity contribution in [1.29, 1.82) is 0 Å². The minimum Gasteiger partial charge on any atom is -0.464 e. The molecule has 116 valence electrons. The van der Waals surface area contributed by atoms with Gasteiger partial charge < -0.3 is 9.47 Å². The Morgan fingerprint density at radius 1 is 0.909 bits per heavy atom. The molecule has 0 aliphatic carbocycles. The van der Waals surface area contributed by atoms with Crippen LogP contribution in [0.3, 0.4) is 0 Å². The van der Waals surface area contributed by atoms with Crippen molar-refractivity contribution in [3.8, 4) is 5.75 Å². The van der Waals surface area contributed by atoms with Crippen molar-refractivity contribution in [1.82, 2.24) is 0 Å². The average Bonchev–Trinajstić information content (AvgIpc) is 3.10. The van der Waals surface area contributed by atoms with E-state index in [2.05, 4.69) is 36.4 Å². The SMILES string of the molecule is c1cc([S+]2CCCC2)c2cccc(OC3CCCCO3)c2c1. The molecule has 0 radical (unpaired) electrons. The second-order valence-corrected chi connectivity index (χ2v) is 8.37. The van der Waals surface area contributed by atoms with E-state index in [1.807, 2.05) is 0 Å². The molecule has 3 heteroatoms. The fourth-order valence-corrected chi connectivity index (χ4v) is 5.94. The summed E-state index contributed by atoms with van der Waals surface area (Å²) in [6, 6.07) is 13.2. The van der Waals surface area contributed by atoms with E-state index < -0.39 is 0 Å². The van der Waals surface area contributed by atoms with Crippen LogP contribution in [0.4, 0.5) is 0 Å². The number of rotatable bonds is 3. The third kappa shape index (κ3) is 2.84. The maximum absolute atomic E-state index is 6.17. The van der Waals surface area contributed by atoms with Gasteiger partial charge in [0.15, 0.2) is 11.2 Å². The molecule has 0 spiro atoms. The Labute approximate surface area is 135 Å². The molecule has 0 aromatic heterocycles. The number of fused-ring (bicyclic) bond motifs is 1. The van der Waals surface area contributed by atoms with Crippen molar-refractivity contribution >= 4 is 21.7 Å². The number of hydrogen-bond donors (Lipinski definition) is 0. The lowest BCUT2D eigenvalue weighted by Crippen LogP contribution is -2.25. The van der Waals surface area contributed by atoms with Crippen LogP contribution in [0.5, 0.6) is 5.75 Å². The maximum atomic E-state index is 6.17. The topological polar surface area (TPSA) is 18.5 Å². The molecule has 2 heterocycles. The van der Waals surface area contributed by atoms with Crippen LogP contribution in [0.2, 0.25) is 0 Å². The summed E-state index contributed by atoms with van der Waals surface area (Å²) in [4.78, 5) is 1.53. The summed E-state index contributed by atoms with van der Waals surface area (Å²) in [5.41, 5.74) is 0. The molecule has 2 aromatic carbocycles. The van der Waals surface area contributed by atoms with E-state index in [4.69, 9.17) is 9.47 Å². The Morgan fingerprint density at radius 2 is 1.73 bits per heavy atom. The number of hydrogen-bond acceptors (Lipinski definition) is 2. The lowest BCUT2D eigenvalue weighted by atomic mass is 10.1. The molecule has 0 amide bonds. The van der Waals surface area contributed by atoms with Gasteiger partial charge in [0.1, 0.15) is 17.3 Å². The molecule has 22 heavy (non-hydrogen) atoms. The molecule has 2 nitrogen and oxygen atoms in total. The summed E-state index contributed by atoms with van der Waals surface area (Å²) in [7, 11) is 0.433. The van der Waals surface area contributed by atoms with E-state index in [0.717, 1.165) is 25.2 Å². The molecule has 4 rings (SSSR count). The zero-order valence-electron chi connectivity index (χ0n) is 12.9. The first kappa shape index (κ1) is 14.4. The predicted molar refractivity (Wildman–Crippen MR) is 92.8 cm³/mol. The highest BCUT2D eigenvalue weighted by Crippen LogP contribution is 2.34. The lowest BCUT2D eigenvalue weighted by Gasteiger charge is -2.24. The third-order valence-corrected chi connectivity index (χ3v) is 7.12. The van der Waals surface area contributed by atoms with E-state index in [9.17, 15) is 0 Å². The fraction of sp³-hybridized carbons (Fsp3) is 0.474. The molecule has 2 aromatic rings. The van der Waals surface area contributed by atoms with Gasteiger partial charge in [0.05, 0.1) is 6.61 Å². The zero-order chi connectivity index (χ0) is 14.8. The van der Waals surface area contributed by atoms with Crippen LogP contribution in [0.1, 0.15) is 32.1 Å². The normalized spacial score (nSPS) is 23.0. The van der Waals surface area contributed by atoms with Gasteiger partial charge in [-0.3, -0.25) is 0 Å². The highest BCUT2D eigenvalue weighted by Gasteiger charge is 2.29. The Bertz CT molecular complexity index is 643. The van der Waals surface area contributed by atoms with E-state index in [0.29, 0.717) is 10.9 Å². The number of benzene rings is 2. The van der Waals surface area contributed by atoms with Gasteiger partial charge in [-0.1, -0.05) is 18.2 Å². The minimum absolute atomic E-state index is 0.0723. The van der Waals surface area contributed by atoms with Crippen molar-refractivity contribution in [2.24, 2.45) is 0 Å². The van der Waals surface area contributed by atoms with Crippen molar-refractivity contribution in [2.75, 3.05) is 18.1 Å². The van der Waals surface area contributed by atoms with Crippen molar-refractivity contribution < 1.29 is 9.47 Å². The monoisotopic (exact) mass is 315 g/mol. The molecule has 0 N–H and O–H groups in total. The van der Waals surface area contributed by atoms with Gasteiger partial charge in [-0.2, -0.15) is 0 Å². The first-order valence-electron chi connectivity index (χ1n) is 8.39. The van der Waals surface area contributed by atoms with E-state index in [1.165, 1.54) is 46.4 Å². The molecule has 2 aliphatic rings. The standard InChI is InChI=1S/C19H23O2S/c1-2-12-20-19(11-1)21-17-9-5-8-16-15(17)7-6-10-18(16)22-13-3-4-14-22/h5-10,19H,1-4,11-14H2/q+1. The third-order valence-electron chi connectivity index (χ3n) is 4.58. The minimum atomic E-state index is -0.0723. The van der Waals surface area contributed by atoms with Crippen LogP contribution < -0.4 is 4.74 Å². The lowest BCUT2D eigenvalue weighted by molar-refractivity contribution is -0.105. The molecule has 2 fully saturated rings. The predicted octanol–water partition coefficient (Wildman–Crippen LogP) is 4.52. The van der Waals surface area contributed by atoms with Crippen molar-refractivity contribution in [3.05, 3.63) is 36.4 Å². The quantitative estimate of drug-likeness (QED) is 0.776. The van der Waals surface area contributed by atoms with Crippen LogP contribution in [-0.4, -0.2) is 24.4 Å². The summed E-state index contributed by atoms with van der Waals surface area (Å²) >= 11 is 0. The van der Waals surface area contributed by atoms with Gasteiger partial charge in [-0.05, 0) is 43.9 Å². The Hall–Kier alpha value is -1.19. The molecule has 1 atom stereocenters. The Morgan fingerprint density at radius 3 is 2.55 bits per heavy atom. The summed E-state index contributed by atoms with van der Waals surface area (Å²) in [5.74, 6) is 3.69. The first-order valence-corrected chi connectivity index (χ1v) is 9.95. The van der Waals surface area contributed by atoms with Gasteiger partial charge in [0, 0.05) is 28.1 Å². The summed E-state index contributed by atoms with van der Waals surface area (Å²) in [5, 5.41) is 2.62. The Balaban J connectivity index is 1.68. The van der Waals surface area contributed by atoms with E-state index in [-0.39, 0.29) is 6.29 Å². The van der Waals surface area contributed by atoms with Gasteiger partial charge in [0.2, 0.25) is 0 Å². The van der Waals surface area contributed by atoms with Crippen molar-refractivity contribution in [2.45, 2.75) is 43.3 Å². The largest absolute Gasteiger partial charge is 0.464 e. The number of ether oxygens (including phenoxy) is 2. The Kier molecular flexibility index (Phi) is 4.26. The molecule has 2 aliphatic heterocycles. The van der Waals surface area contributed by atoms with E-state index in [1.54, 1.807) is 0 Å². The second kappa shape index (κ2) is 6.51. The molecule has 0 saturated carbocycles. The molecular weight excluding hydrogens is 292 g/mol. The fourth-order valence-electron chi connectivity index (χ4n) is 3.43. The molecule has 1 unspecified atom stereocenters. The van der Waals surface area contributed by atoms with Crippen LogP contribution in [0, 0.1) is 0 Å². The highest BCUT2D eigenvalue weighted by atomic mass is 32.2. The van der Waals surface area contributed by atoms with Crippen LogP contribution in [0.25, 0.3) is 10.8 Å². The average molecular weight is 315 g/mol.